The first-order chi connectivity index (χ1) is 16.4. The van der Waals surface area contributed by atoms with Crippen LogP contribution in [0.25, 0.3) is 0 Å². The molecule has 0 bridgehead atoms. The summed E-state index contributed by atoms with van der Waals surface area (Å²) in [4.78, 5) is 41.5. The number of methoxy groups -OCH3 is 1. The molecule has 1 amide bonds. The molecule has 2 saturated heterocycles. The highest BCUT2D eigenvalue weighted by Gasteiger charge is 2.52. The number of ether oxygens (including phenoxy) is 3. The van der Waals surface area contributed by atoms with Crippen LogP contribution in [0.3, 0.4) is 0 Å². The number of fused-ring (bicyclic) bond motifs is 1. The second kappa shape index (κ2) is 8.76. The summed E-state index contributed by atoms with van der Waals surface area (Å²) in [6, 6.07) is 8.97. The molecule has 178 valence electrons. The zero-order valence-electron chi connectivity index (χ0n) is 19.2. The highest BCUT2D eigenvalue weighted by atomic mass is 16.5. The minimum atomic E-state index is -1.21. The van der Waals surface area contributed by atoms with E-state index < -0.39 is 29.4 Å². The van der Waals surface area contributed by atoms with Crippen LogP contribution in [0.1, 0.15) is 47.3 Å². The lowest BCUT2D eigenvalue weighted by Crippen LogP contribution is -2.37. The number of phenolic OH excluding ortho intramolecular Hbond substituents is 1. The summed E-state index contributed by atoms with van der Waals surface area (Å²) < 4.78 is 16.7. The number of rotatable bonds is 6. The number of likely N-dealkylation sites (tertiary alicyclic amines) is 1. The first kappa shape index (κ1) is 22.4. The number of hydrogen-bond donors (Lipinski definition) is 1. The van der Waals surface area contributed by atoms with Crippen LogP contribution in [0, 0.1) is 5.92 Å². The standard InChI is InChI=1S/C26H27NO7/c1-14-10-17-11-16(6-8-20(17)34-14)24(29)22-23(15-5-7-19(28)21(12-15)32-2)27(26(31)25(22)30)13-18-4-3-9-33-18/h5-8,11-12,14,18,22-23,28H,3-4,9-10,13H2,1-2H3. The topological polar surface area (TPSA) is 102 Å². The Kier molecular flexibility index (Phi) is 5.77. The van der Waals surface area contributed by atoms with Crippen LogP contribution in [0.2, 0.25) is 0 Å². The molecule has 0 spiro atoms. The van der Waals surface area contributed by atoms with Gasteiger partial charge in [0.05, 0.1) is 19.3 Å². The third kappa shape index (κ3) is 3.81. The molecule has 2 fully saturated rings. The van der Waals surface area contributed by atoms with E-state index in [2.05, 4.69) is 0 Å². The van der Waals surface area contributed by atoms with Crippen LogP contribution in [0.4, 0.5) is 0 Å². The Balaban J connectivity index is 1.55. The first-order valence-electron chi connectivity index (χ1n) is 11.5. The Morgan fingerprint density at radius 3 is 2.76 bits per heavy atom. The number of amides is 1. The summed E-state index contributed by atoms with van der Waals surface area (Å²) >= 11 is 0. The highest BCUT2D eigenvalue weighted by Crippen LogP contribution is 2.42. The van der Waals surface area contributed by atoms with Crippen molar-refractivity contribution in [2.75, 3.05) is 20.3 Å². The molecule has 3 heterocycles. The van der Waals surface area contributed by atoms with Gasteiger partial charge in [0.25, 0.3) is 5.91 Å². The molecule has 0 aliphatic carbocycles. The Hall–Kier alpha value is -3.39. The number of aromatic hydroxyl groups is 1. The molecule has 1 N–H and O–H groups in total. The van der Waals surface area contributed by atoms with Crippen molar-refractivity contribution in [3.8, 4) is 17.2 Å². The summed E-state index contributed by atoms with van der Waals surface area (Å²) in [7, 11) is 1.42. The third-order valence-electron chi connectivity index (χ3n) is 6.84. The zero-order chi connectivity index (χ0) is 24.0. The molecule has 4 unspecified atom stereocenters. The van der Waals surface area contributed by atoms with Gasteiger partial charge in [-0.3, -0.25) is 14.4 Å². The number of hydrogen-bond acceptors (Lipinski definition) is 7. The SMILES string of the molecule is COc1cc(C2C(C(=O)c3ccc4c(c3)CC(C)O4)C(=O)C(=O)N2CC2CCCO2)ccc1O. The van der Waals surface area contributed by atoms with Crippen molar-refractivity contribution < 1.29 is 33.7 Å². The molecule has 3 aliphatic heterocycles. The summed E-state index contributed by atoms with van der Waals surface area (Å²) in [5.41, 5.74) is 1.83. The van der Waals surface area contributed by atoms with Gasteiger partial charge in [-0.25, -0.2) is 0 Å². The number of phenols is 1. The fraction of sp³-hybridized carbons (Fsp3) is 0.423. The van der Waals surface area contributed by atoms with Gasteiger partial charge in [0, 0.05) is 25.1 Å². The molecule has 34 heavy (non-hydrogen) atoms. The zero-order valence-corrected chi connectivity index (χ0v) is 19.2. The number of carbonyl (C=O) groups is 3. The van der Waals surface area contributed by atoms with E-state index in [1.165, 1.54) is 18.1 Å². The quantitative estimate of drug-likeness (QED) is 0.398. The van der Waals surface area contributed by atoms with Gasteiger partial charge < -0.3 is 24.2 Å². The predicted octanol–water partition coefficient (Wildman–Crippen LogP) is 2.85. The predicted molar refractivity (Wildman–Crippen MR) is 121 cm³/mol. The Morgan fingerprint density at radius 2 is 2.03 bits per heavy atom. The molecule has 0 radical (unpaired) electrons. The normalized spacial score (nSPS) is 26.0. The second-order valence-electron chi connectivity index (χ2n) is 9.13. The van der Waals surface area contributed by atoms with Crippen molar-refractivity contribution in [3.05, 3.63) is 53.1 Å². The molecule has 0 aromatic heterocycles. The van der Waals surface area contributed by atoms with E-state index in [0.717, 1.165) is 24.2 Å². The highest BCUT2D eigenvalue weighted by molar-refractivity contribution is 6.44. The van der Waals surface area contributed by atoms with Gasteiger partial charge in [-0.2, -0.15) is 0 Å². The largest absolute Gasteiger partial charge is 0.504 e. The van der Waals surface area contributed by atoms with Crippen molar-refractivity contribution in [2.24, 2.45) is 5.92 Å². The fourth-order valence-corrected chi connectivity index (χ4v) is 5.20. The Bertz CT molecular complexity index is 1150. The third-order valence-corrected chi connectivity index (χ3v) is 6.84. The van der Waals surface area contributed by atoms with Crippen molar-refractivity contribution >= 4 is 17.5 Å². The lowest BCUT2D eigenvalue weighted by Gasteiger charge is -2.29. The molecule has 4 atom stereocenters. The summed E-state index contributed by atoms with van der Waals surface area (Å²) in [5.74, 6) is -2.17. The fourth-order valence-electron chi connectivity index (χ4n) is 5.20. The summed E-state index contributed by atoms with van der Waals surface area (Å²) in [5, 5.41) is 10.1. The van der Waals surface area contributed by atoms with Crippen LogP contribution in [-0.4, -0.2) is 59.9 Å². The first-order valence-corrected chi connectivity index (χ1v) is 11.5. The molecule has 2 aromatic rings. The van der Waals surface area contributed by atoms with E-state index in [-0.39, 0.29) is 30.3 Å². The Morgan fingerprint density at radius 1 is 1.21 bits per heavy atom. The van der Waals surface area contributed by atoms with Crippen molar-refractivity contribution in [3.63, 3.8) is 0 Å². The van der Waals surface area contributed by atoms with Crippen LogP contribution < -0.4 is 9.47 Å². The lowest BCUT2D eigenvalue weighted by molar-refractivity contribution is -0.141. The van der Waals surface area contributed by atoms with Crippen LogP contribution in [0.5, 0.6) is 17.2 Å². The van der Waals surface area contributed by atoms with E-state index in [1.54, 1.807) is 30.3 Å². The van der Waals surface area contributed by atoms with E-state index in [4.69, 9.17) is 14.2 Å². The number of Topliss-reactive ketones (excluding diaryl/α,β-unsaturated/α-hetero) is 2. The number of benzene rings is 2. The van der Waals surface area contributed by atoms with Crippen molar-refractivity contribution in [1.82, 2.24) is 4.90 Å². The van der Waals surface area contributed by atoms with E-state index in [0.29, 0.717) is 24.2 Å². The van der Waals surface area contributed by atoms with Gasteiger partial charge in [-0.05, 0) is 61.2 Å². The molecular weight excluding hydrogens is 438 g/mol. The van der Waals surface area contributed by atoms with Gasteiger partial charge in [-0.1, -0.05) is 6.07 Å². The van der Waals surface area contributed by atoms with Crippen LogP contribution in [0.15, 0.2) is 36.4 Å². The molecule has 8 nitrogen and oxygen atoms in total. The maximum absolute atomic E-state index is 13.7. The molecule has 0 saturated carbocycles. The van der Waals surface area contributed by atoms with Crippen molar-refractivity contribution in [2.45, 2.75) is 44.4 Å². The molecule has 5 rings (SSSR count). The monoisotopic (exact) mass is 465 g/mol. The van der Waals surface area contributed by atoms with Gasteiger partial charge in [0.1, 0.15) is 17.8 Å². The molecular formula is C26H27NO7. The van der Waals surface area contributed by atoms with Crippen LogP contribution in [-0.2, 0) is 20.7 Å². The average molecular weight is 466 g/mol. The summed E-state index contributed by atoms with van der Waals surface area (Å²) in [6.07, 6.45) is 2.18. The molecule has 8 heteroatoms. The molecule has 3 aliphatic rings. The van der Waals surface area contributed by atoms with Gasteiger partial charge in [0.2, 0.25) is 5.78 Å². The van der Waals surface area contributed by atoms with E-state index in [1.807, 2.05) is 6.92 Å². The number of nitrogens with zero attached hydrogens (tertiary/aromatic N) is 1. The summed E-state index contributed by atoms with van der Waals surface area (Å²) in [6.45, 7) is 2.78. The number of carbonyl (C=O) groups excluding carboxylic acids is 3. The van der Waals surface area contributed by atoms with E-state index in [9.17, 15) is 19.5 Å². The van der Waals surface area contributed by atoms with Gasteiger partial charge >= 0.3 is 0 Å². The maximum Gasteiger partial charge on any atom is 0.291 e. The van der Waals surface area contributed by atoms with E-state index >= 15 is 0 Å². The smallest absolute Gasteiger partial charge is 0.291 e. The minimum absolute atomic E-state index is 0.0224. The van der Waals surface area contributed by atoms with Gasteiger partial charge in [0.15, 0.2) is 17.3 Å². The lowest BCUT2D eigenvalue weighted by atomic mass is 9.85. The average Bonchev–Trinajstić information content (AvgIpc) is 3.53. The second-order valence-corrected chi connectivity index (χ2v) is 9.13. The molecule has 2 aromatic carbocycles. The number of ketones is 2. The van der Waals surface area contributed by atoms with Crippen LogP contribution >= 0.6 is 0 Å². The Labute approximate surface area is 197 Å². The minimum Gasteiger partial charge on any atom is -0.504 e. The van der Waals surface area contributed by atoms with Crippen molar-refractivity contribution in [1.29, 1.82) is 0 Å². The van der Waals surface area contributed by atoms with Gasteiger partial charge in [-0.15, -0.1) is 0 Å². The maximum atomic E-state index is 13.7.